The Hall–Kier alpha value is -2.37. The van der Waals surface area contributed by atoms with Crippen LogP contribution in [-0.2, 0) is 0 Å². The molecule has 2 aromatic carbocycles. The fourth-order valence-corrected chi connectivity index (χ4v) is 6.85. The lowest BCUT2D eigenvalue weighted by molar-refractivity contribution is 0.103. The number of nitrogens with zero attached hydrogens (tertiary/aromatic N) is 1. The van der Waals surface area contributed by atoms with Crippen LogP contribution in [0.25, 0.3) is 10.1 Å². The average Bonchev–Trinajstić information content (AvgIpc) is 3.47. The molecular formula is C28H33NO3S. The lowest BCUT2D eigenvalue weighted by atomic mass is 9.94. The minimum absolute atomic E-state index is 0.0719. The Morgan fingerprint density at radius 1 is 1.09 bits per heavy atom. The minimum atomic E-state index is 0.0719. The monoisotopic (exact) mass is 463 g/mol. The van der Waals surface area contributed by atoms with Gasteiger partial charge in [-0.15, -0.1) is 11.3 Å². The summed E-state index contributed by atoms with van der Waals surface area (Å²) >= 11 is 1.68. The zero-order valence-corrected chi connectivity index (χ0v) is 20.2. The molecule has 0 amide bonds. The summed E-state index contributed by atoms with van der Waals surface area (Å²) in [5, 5.41) is 10.9. The molecule has 0 bridgehead atoms. The predicted molar refractivity (Wildman–Crippen MR) is 135 cm³/mol. The van der Waals surface area contributed by atoms with Crippen molar-refractivity contribution in [1.29, 1.82) is 0 Å². The molecule has 1 aromatic heterocycles. The first kappa shape index (κ1) is 22.4. The van der Waals surface area contributed by atoms with Crippen LogP contribution in [0.15, 0.2) is 42.5 Å². The van der Waals surface area contributed by atoms with Crippen LogP contribution in [0.5, 0.6) is 11.5 Å². The highest BCUT2D eigenvalue weighted by Crippen LogP contribution is 2.44. The van der Waals surface area contributed by atoms with E-state index in [-0.39, 0.29) is 11.5 Å². The smallest absolute Gasteiger partial charge is 0.194 e. The van der Waals surface area contributed by atoms with E-state index in [2.05, 4.69) is 11.8 Å². The molecule has 4 nitrogen and oxygen atoms in total. The summed E-state index contributed by atoms with van der Waals surface area (Å²) in [6.45, 7) is 6.26. The third-order valence-corrected chi connectivity index (χ3v) is 8.50. The number of fused-ring (bicyclic) bond motifs is 1. The van der Waals surface area contributed by atoms with E-state index in [9.17, 15) is 9.90 Å². The van der Waals surface area contributed by atoms with Crippen molar-refractivity contribution in [3.63, 3.8) is 0 Å². The summed E-state index contributed by atoms with van der Waals surface area (Å²) in [5.41, 5.74) is 1.52. The molecule has 1 aliphatic carbocycles. The van der Waals surface area contributed by atoms with E-state index in [1.54, 1.807) is 23.5 Å². The third-order valence-electron chi connectivity index (χ3n) is 7.19. The van der Waals surface area contributed by atoms with E-state index in [1.165, 1.54) is 30.6 Å². The van der Waals surface area contributed by atoms with E-state index in [0.717, 1.165) is 59.8 Å². The summed E-state index contributed by atoms with van der Waals surface area (Å²) in [7, 11) is 0. The second-order valence-corrected chi connectivity index (χ2v) is 10.8. The van der Waals surface area contributed by atoms with Gasteiger partial charge in [0.15, 0.2) is 5.78 Å². The number of piperidine rings is 1. The molecule has 1 aliphatic heterocycles. The number of carbonyl (C=O) groups excluding carboxylic acids is 1. The average molecular weight is 464 g/mol. The van der Waals surface area contributed by atoms with Crippen LogP contribution in [0.1, 0.15) is 72.2 Å². The highest BCUT2D eigenvalue weighted by atomic mass is 32.1. The van der Waals surface area contributed by atoms with E-state index in [1.807, 2.05) is 30.3 Å². The van der Waals surface area contributed by atoms with Crippen molar-refractivity contribution in [2.75, 3.05) is 26.2 Å². The molecule has 2 fully saturated rings. The van der Waals surface area contributed by atoms with Gasteiger partial charge in [-0.25, -0.2) is 0 Å². The summed E-state index contributed by atoms with van der Waals surface area (Å²) in [6, 6.07) is 13.0. The molecule has 1 unspecified atom stereocenters. The molecule has 5 rings (SSSR count). The van der Waals surface area contributed by atoms with Gasteiger partial charge < -0.3 is 9.84 Å². The Balaban J connectivity index is 1.31. The normalized spacial score (nSPS) is 19.8. The highest BCUT2D eigenvalue weighted by molar-refractivity contribution is 7.19. The Bertz CT molecular complexity index is 1110. The van der Waals surface area contributed by atoms with E-state index in [4.69, 9.17) is 4.74 Å². The zero-order valence-electron chi connectivity index (χ0n) is 19.4. The minimum Gasteiger partial charge on any atom is -0.508 e. The first-order valence-corrected chi connectivity index (χ1v) is 13.2. The summed E-state index contributed by atoms with van der Waals surface area (Å²) in [6.07, 6.45) is 7.33. The summed E-state index contributed by atoms with van der Waals surface area (Å²) in [5.74, 6) is 2.36. The van der Waals surface area contributed by atoms with Crippen LogP contribution >= 0.6 is 11.3 Å². The fraction of sp³-hybridized carbons (Fsp3) is 0.464. The summed E-state index contributed by atoms with van der Waals surface area (Å²) in [4.78, 5) is 17.3. The number of hydrogen-bond donors (Lipinski definition) is 1. The number of thiophene rings is 1. The number of likely N-dealkylation sites (tertiary alicyclic amines) is 1. The maximum absolute atomic E-state index is 13.6. The SMILES string of the molecule is CC1CCCN(CCOc2ccc(C(=O)c3c(C4CCCC4)sc4cc(O)ccc34)cc2)C1. The second-order valence-electron chi connectivity index (χ2n) is 9.75. The molecule has 174 valence electrons. The van der Waals surface area contributed by atoms with Crippen molar-refractivity contribution >= 4 is 27.2 Å². The van der Waals surface area contributed by atoms with Gasteiger partial charge >= 0.3 is 0 Å². The fourth-order valence-electron chi connectivity index (χ4n) is 5.44. The topological polar surface area (TPSA) is 49.8 Å². The van der Waals surface area contributed by atoms with Crippen molar-refractivity contribution in [2.24, 2.45) is 5.92 Å². The Kier molecular flexibility index (Phi) is 6.70. The molecule has 0 spiro atoms. The van der Waals surface area contributed by atoms with Crippen LogP contribution in [-0.4, -0.2) is 42.0 Å². The van der Waals surface area contributed by atoms with Gasteiger partial charge in [0.1, 0.15) is 18.1 Å². The number of benzene rings is 2. The van der Waals surface area contributed by atoms with Crippen molar-refractivity contribution in [3.05, 3.63) is 58.5 Å². The Labute approximate surface area is 200 Å². The molecular weight excluding hydrogens is 430 g/mol. The molecule has 0 radical (unpaired) electrons. The molecule has 33 heavy (non-hydrogen) atoms. The van der Waals surface area contributed by atoms with Crippen LogP contribution in [0.2, 0.25) is 0 Å². The van der Waals surface area contributed by atoms with E-state index in [0.29, 0.717) is 18.1 Å². The maximum Gasteiger partial charge on any atom is 0.194 e. The molecule has 2 aliphatic rings. The Morgan fingerprint density at radius 2 is 1.88 bits per heavy atom. The quantitative estimate of drug-likeness (QED) is 0.401. The van der Waals surface area contributed by atoms with Gasteiger partial charge in [-0.3, -0.25) is 9.69 Å². The van der Waals surface area contributed by atoms with E-state index >= 15 is 0 Å². The highest BCUT2D eigenvalue weighted by Gasteiger charge is 2.28. The number of aromatic hydroxyl groups is 1. The van der Waals surface area contributed by atoms with Gasteiger partial charge in [0.25, 0.3) is 0 Å². The first-order chi connectivity index (χ1) is 16.1. The number of phenols is 1. The van der Waals surface area contributed by atoms with Crippen LogP contribution in [0, 0.1) is 5.92 Å². The number of ketones is 1. The van der Waals surface area contributed by atoms with Gasteiger partial charge in [0, 0.05) is 39.2 Å². The van der Waals surface area contributed by atoms with Gasteiger partial charge in [-0.2, -0.15) is 0 Å². The Morgan fingerprint density at radius 3 is 2.64 bits per heavy atom. The molecule has 3 aromatic rings. The summed E-state index contributed by atoms with van der Waals surface area (Å²) < 4.78 is 6.97. The second kappa shape index (κ2) is 9.86. The first-order valence-electron chi connectivity index (χ1n) is 12.3. The number of hydrogen-bond acceptors (Lipinski definition) is 5. The number of carbonyl (C=O) groups is 1. The molecule has 1 saturated heterocycles. The number of ether oxygens (including phenoxy) is 1. The zero-order chi connectivity index (χ0) is 22.8. The van der Waals surface area contributed by atoms with Crippen LogP contribution < -0.4 is 4.74 Å². The molecule has 1 N–H and O–H groups in total. The van der Waals surface area contributed by atoms with Gasteiger partial charge in [-0.05, 0) is 86.5 Å². The number of rotatable bonds is 7. The van der Waals surface area contributed by atoms with Gasteiger partial charge in [0.05, 0.1) is 0 Å². The largest absolute Gasteiger partial charge is 0.508 e. The van der Waals surface area contributed by atoms with Crippen molar-refractivity contribution in [2.45, 2.75) is 51.4 Å². The molecule has 2 heterocycles. The molecule has 1 saturated carbocycles. The van der Waals surface area contributed by atoms with Crippen molar-refractivity contribution < 1.29 is 14.6 Å². The standard InChI is InChI=1S/C28H33NO3S/c1-19-5-4-14-29(18-19)15-16-32-23-11-8-20(9-12-23)27(31)26-24-13-10-22(30)17-25(24)33-28(26)21-6-2-3-7-21/h8-13,17,19,21,30H,2-7,14-16,18H2,1H3. The predicted octanol–water partition coefficient (Wildman–Crippen LogP) is 6.61. The van der Waals surface area contributed by atoms with Crippen LogP contribution in [0.4, 0.5) is 0 Å². The lowest BCUT2D eigenvalue weighted by Gasteiger charge is -2.30. The van der Waals surface area contributed by atoms with Crippen molar-refractivity contribution in [3.8, 4) is 11.5 Å². The van der Waals surface area contributed by atoms with Gasteiger partial charge in [-0.1, -0.05) is 19.8 Å². The maximum atomic E-state index is 13.6. The molecule has 5 heteroatoms. The third kappa shape index (κ3) is 4.95. The molecule has 1 atom stereocenters. The van der Waals surface area contributed by atoms with E-state index < -0.39 is 0 Å². The van der Waals surface area contributed by atoms with Crippen LogP contribution in [0.3, 0.4) is 0 Å². The van der Waals surface area contributed by atoms with Crippen molar-refractivity contribution in [1.82, 2.24) is 4.90 Å². The lowest BCUT2D eigenvalue weighted by Crippen LogP contribution is -2.37. The number of phenolic OH excluding ortho intramolecular Hbond substituents is 1. The van der Waals surface area contributed by atoms with Gasteiger partial charge in [0.2, 0.25) is 0 Å².